The van der Waals surface area contributed by atoms with Crippen molar-refractivity contribution in [3.63, 3.8) is 0 Å². The van der Waals surface area contributed by atoms with E-state index >= 15 is 0 Å². The van der Waals surface area contributed by atoms with E-state index in [-0.39, 0.29) is 0 Å². The molecule has 0 aliphatic rings. The zero-order valence-electron chi connectivity index (χ0n) is 10.9. The van der Waals surface area contributed by atoms with Crippen molar-refractivity contribution < 1.29 is 0 Å². The molecule has 1 atom stereocenters. The topological polar surface area (TPSA) is 28.2 Å². The maximum absolute atomic E-state index is 4.61. The second kappa shape index (κ2) is 6.21. The number of nitrogens with one attached hydrogen (secondary N) is 1. The zero-order chi connectivity index (χ0) is 12.1. The molecule has 1 aromatic rings. The Morgan fingerprint density at radius 2 is 2.12 bits per heavy atom. The summed E-state index contributed by atoms with van der Waals surface area (Å²) in [6.07, 6.45) is 1.21. The molecule has 1 rings (SSSR count). The maximum atomic E-state index is 4.61. The average molecular weight is 241 g/mol. The standard InChI is InChI=1S/C12H23N3S/c1-9(2)6-10(3)15(5)12-14-11(7-13-4)8-16-12/h8-10,13H,6-7H2,1-5H3. The lowest BCUT2D eigenvalue weighted by atomic mass is 10.0. The summed E-state index contributed by atoms with van der Waals surface area (Å²) in [5, 5.41) is 6.38. The fourth-order valence-electron chi connectivity index (χ4n) is 1.75. The van der Waals surface area contributed by atoms with Crippen LogP contribution in [0.1, 0.15) is 32.9 Å². The highest BCUT2D eigenvalue weighted by atomic mass is 32.1. The van der Waals surface area contributed by atoms with Crippen LogP contribution in [0.3, 0.4) is 0 Å². The lowest BCUT2D eigenvalue weighted by Crippen LogP contribution is -2.29. The van der Waals surface area contributed by atoms with Crippen LogP contribution in [0, 0.1) is 5.92 Å². The van der Waals surface area contributed by atoms with Crippen molar-refractivity contribution in [3.8, 4) is 0 Å². The molecule has 0 saturated heterocycles. The van der Waals surface area contributed by atoms with Gasteiger partial charge in [-0.15, -0.1) is 11.3 Å². The summed E-state index contributed by atoms with van der Waals surface area (Å²) < 4.78 is 0. The number of hydrogen-bond donors (Lipinski definition) is 1. The first-order chi connectivity index (χ1) is 7.54. The monoisotopic (exact) mass is 241 g/mol. The van der Waals surface area contributed by atoms with Crippen molar-refractivity contribution in [2.24, 2.45) is 5.92 Å². The fourth-order valence-corrected chi connectivity index (χ4v) is 2.64. The van der Waals surface area contributed by atoms with Gasteiger partial charge in [0, 0.05) is 25.0 Å². The van der Waals surface area contributed by atoms with Crippen molar-refractivity contribution in [1.29, 1.82) is 0 Å². The molecule has 0 spiro atoms. The minimum Gasteiger partial charge on any atom is -0.348 e. The molecule has 0 fully saturated rings. The Kier molecular flexibility index (Phi) is 5.22. The molecule has 0 saturated carbocycles. The van der Waals surface area contributed by atoms with Crippen LogP contribution in [0.4, 0.5) is 5.13 Å². The smallest absolute Gasteiger partial charge is 0.185 e. The Bertz CT molecular complexity index is 309. The minimum absolute atomic E-state index is 0.550. The number of anilines is 1. The number of rotatable bonds is 6. The second-order valence-electron chi connectivity index (χ2n) is 4.74. The SMILES string of the molecule is CNCc1csc(N(C)C(C)CC(C)C)n1. The summed E-state index contributed by atoms with van der Waals surface area (Å²) in [5.74, 6) is 0.731. The largest absolute Gasteiger partial charge is 0.348 e. The first-order valence-electron chi connectivity index (χ1n) is 5.86. The third kappa shape index (κ3) is 3.76. The third-order valence-corrected chi connectivity index (χ3v) is 3.65. The molecule has 1 aromatic heterocycles. The van der Waals surface area contributed by atoms with Gasteiger partial charge in [0.25, 0.3) is 0 Å². The van der Waals surface area contributed by atoms with E-state index in [1.54, 1.807) is 11.3 Å². The van der Waals surface area contributed by atoms with Crippen molar-refractivity contribution in [3.05, 3.63) is 11.1 Å². The van der Waals surface area contributed by atoms with E-state index in [9.17, 15) is 0 Å². The first kappa shape index (κ1) is 13.5. The van der Waals surface area contributed by atoms with Crippen molar-refractivity contribution in [2.45, 2.75) is 39.8 Å². The molecule has 0 bridgehead atoms. The van der Waals surface area contributed by atoms with Crippen LogP contribution >= 0.6 is 11.3 Å². The van der Waals surface area contributed by atoms with Gasteiger partial charge in [0.1, 0.15) is 0 Å². The molecule has 1 unspecified atom stereocenters. The zero-order valence-corrected chi connectivity index (χ0v) is 11.8. The molecule has 0 amide bonds. The van der Waals surface area contributed by atoms with Crippen LogP contribution in [0.15, 0.2) is 5.38 Å². The van der Waals surface area contributed by atoms with Gasteiger partial charge >= 0.3 is 0 Å². The molecule has 0 radical (unpaired) electrons. The van der Waals surface area contributed by atoms with E-state index in [1.165, 1.54) is 6.42 Å². The predicted octanol–water partition coefficient (Wildman–Crippen LogP) is 2.73. The van der Waals surface area contributed by atoms with Gasteiger partial charge in [-0.05, 0) is 26.3 Å². The van der Waals surface area contributed by atoms with Crippen LogP contribution in [0.2, 0.25) is 0 Å². The molecular weight excluding hydrogens is 218 g/mol. The quantitative estimate of drug-likeness (QED) is 0.830. The van der Waals surface area contributed by atoms with Crippen molar-refractivity contribution >= 4 is 16.5 Å². The van der Waals surface area contributed by atoms with Gasteiger partial charge < -0.3 is 10.2 Å². The molecular formula is C12H23N3S. The lowest BCUT2D eigenvalue weighted by molar-refractivity contribution is 0.503. The normalized spacial score (nSPS) is 13.1. The van der Waals surface area contributed by atoms with E-state index in [1.807, 2.05) is 7.05 Å². The van der Waals surface area contributed by atoms with Gasteiger partial charge in [-0.2, -0.15) is 0 Å². The summed E-state index contributed by atoms with van der Waals surface area (Å²) >= 11 is 1.73. The van der Waals surface area contributed by atoms with Gasteiger partial charge in [0.2, 0.25) is 0 Å². The molecule has 4 heteroatoms. The van der Waals surface area contributed by atoms with E-state index in [0.717, 1.165) is 23.3 Å². The Labute approximate surface area is 103 Å². The highest BCUT2D eigenvalue weighted by Crippen LogP contribution is 2.23. The fraction of sp³-hybridized carbons (Fsp3) is 0.750. The summed E-state index contributed by atoms with van der Waals surface area (Å²) in [4.78, 5) is 6.89. The Hall–Kier alpha value is -0.610. The van der Waals surface area contributed by atoms with E-state index in [0.29, 0.717) is 6.04 Å². The van der Waals surface area contributed by atoms with Gasteiger partial charge in [-0.3, -0.25) is 0 Å². The molecule has 92 valence electrons. The van der Waals surface area contributed by atoms with Crippen LogP contribution in [0.25, 0.3) is 0 Å². The molecule has 1 heterocycles. The highest BCUT2D eigenvalue weighted by Gasteiger charge is 2.14. The summed E-state index contributed by atoms with van der Waals surface area (Å²) in [6.45, 7) is 7.64. The van der Waals surface area contributed by atoms with Gasteiger partial charge in [0.05, 0.1) is 5.69 Å². The van der Waals surface area contributed by atoms with Gasteiger partial charge in [0.15, 0.2) is 5.13 Å². The third-order valence-electron chi connectivity index (χ3n) is 2.67. The number of nitrogens with zero attached hydrogens (tertiary/aromatic N) is 2. The molecule has 16 heavy (non-hydrogen) atoms. The first-order valence-corrected chi connectivity index (χ1v) is 6.74. The van der Waals surface area contributed by atoms with Crippen LogP contribution in [-0.2, 0) is 6.54 Å². The lowest BCUT2D eigenvalue weighted by Gasteiger charge is -2.25. The predicted molar refractivity (Wildman–Crippen MR) is 72.2 cm³/mol. The van der Waals surface area contributed by atoms with Crippen molar-refractivity contribution in [2.75, 3.05) is 19.0 Å². The number of thiazole rings is 1. The number of aromatic nitrogens is 1. The molecule has 1 N–H and O–H groups in total. The summed E-state index contributed by atoms with van der Waals surface area (Å²) in [5.41, 5.74) is 1.13. The summed E-state index contributed by atoms with van der Waals surface area (Å²) in [7, 11) is 4.08. The number of hydrogen-bond acceptors (Lipinski definition) is 4. The van der Waals surface area contributed by atoms with Gasteiger partial charge in [-0.25, -0.2) is 4.98 Å². The van der Waals surface area contributed by atoms with Crippen LogP contribution < -0.4 is 10.2 Å². The Balaban J connectivity index is 2.60. The minimum atomic E-state index is 0.550. The Morgan fingerprint density at radius 3 is 2.69 bits per heavy atom. The average Bonchev–Trinajstić information content (AvgIpc) is 2.64. The highest BCUT2D eigenvalue weighted by molar-refractivity contribution is 7.13. The molecule has 0 aliphatic carbocycles. The van der Waals surface area contributed by atoms with E-state index < -0.39 is 0 Å². The van der Waals surface area contributed by atoms with Gasteiger partial charge in [-0.1, -0.05) is 13.8 Å². The van der Waals surface area contributed by atoms with Crippen LogP contribution in [-0.4, -0.2) is 25.1 Å². The molecule has 0 aromatic carbocycles. The summed E-state index contributed by atoms with van der Waals surface area (Å²) in [6, 6.07) is 0.550. The van der Waals surface area contributed by atoms with Crippen molar-refractivity contribution in [1.82, 2.24) is 10.3 Å². The Morgan fingerprint density at radius 1 is 1.44 bits per heavy atom. The maximum Gasteiger partial charge on any atom is 0.185 e. The molecule has 0 aliphatic heterocycles. The van der Waals surface area contributed by atoms with Crippen LogP contribution in [0.5, 0.6) is 0 Å². The van der Waals surface area contributed by atoms with E-state index in [4.69, 9.17) is 0 Å². The van der Waals surface area contributed by atoms with E-state index in [2.05, 4.69) is 48.4 Å². The molecule has 3 nitrogen and oxygen atoms in total. The second-order valence-corrected chi connectivity index (χ2v) is 5.58.